The maximum absolute atomic E-state index is 13.1. The number of halogens is 4. The fraction of sp³-hybridized carbons (Fsp3) is 0.200. The van der Waals surface area contributed by atoms with Gasteiger partial charge in [0.25, 0.3) is 0 Å². The number of hydrogen-bond acceptors (Lipinski definition) is 2. The van der Waals surface area contributed by atoms with Crippen LogP contribution in [-0.2, 0) is 0 Å². The minimum absolute atomic E-state index is 0.0919. The van der Waals surface area contributed by atoms with Crippen LogP contribution in [0.4, 0.5) is 4.39 Å². The summed E-state index contributed by atoms with van der Waals surface area (Å²) in [4.78, 5) is 0.0919. The van der Waals surface area contributed by atoms with E-state index in [1.807, 2.05) is 6.92 Å². The average molecular weight is 383 g/mol. The topological polar surface area (TPSA) is 30.7 Å². The molecule has 0 aliphatic carbocycles. The molecular weight excluding hydrogens is 376 g/mol. The monoisotopic (exact) mass is 381 g/mol. The number of rotatable bonds is 2. The van der Waals surface area contributed by atoms with E-state index in [0.717, 1.165) is 5.69 Å². The second-order valence-electron chi connectivity index (χ2n) is 3.42. The molecule has 90 valence electrons. The van der Waals surface area contributed by atoms with Gasteiger partial charge >= 0.3 is 0 Å². The van der Waals surface area contributed by atoms with Crippen molar-refractivity contribution in [3.05, 3.63) is 39.3 Å². The van der Waals surface area contributed by atoms with Crippen LogP contribution in [0.3, 0.4) is 0 Å². The third kappa shape index (κ3) is 2.69. The van der Waals surface area contributed by atoms with Gasteiger partial charge in [-0.2, -0.15) is 0 Å². The van der Waals surface area contributed by atoms with Gasteiger partial charge in [0, 0.05) is 4.47 Å². The molecule has 0 N–H and O–H groups in total. The van der Waals surface area contributed by atoms with Gasteiger partial charge in [0.2, 0.25) is 0 Å². The Morgan fingerprint density at radius 1 is 1.47 bits per heavy atom. The van der Waals surface area contributed by atoms with Gasteiger partial charge < -0.3 is 0 Å². The number of alkyl halides is 1. The van der Waals surface area contributed by atoms with Gasteiger partial charge in [-0.25, -0.2) is 9.07 Å². The van der Waals surface area contributed by atoms with Gasteiger partial charge in [-0.05, 0) is 35.0 Å². The lowest BCUT2D eigenvalue weighted by molar-refractivity contribution is 0.625. The first kappa shape index (κ1) is 13.0. The van der Waals surface area contributed by atoms with Crippen molar-refractivity contribution in [1.82, 2.24) is 15.0 Å². The zero-order valence-electron chi connectivity index (χ0n) is 8.66. The van der Waals surface area contributed by atoms with Crippen LogP contribution in [-0.4, -0.2) is 15.0 Å². The van der Waals surface area contributed by atoms with E-state index in [4.69, 9.17) is 11.6 Å². The molecule has 2 rings (SSSR count). The highest BCUT2D eigenvalue weighted by molar-refractivity contribution is 9.10. The summed E-state index contributed by atoms with van der Waals surface area (Å²) in [5.41, 5.74) is 1.34. The van der Waals surface area contributed by atoms with Gasteiger partial charge in [0.1, 0.15) is 5.82 Å². The highest BCUT2D eigenvalue weighted by Gasteiger charge is 2.13. The lowest BCUT2D eigenvalue weighted by Gasteiger charge is -2.06. The van der Waals surface area contributed by atoms with E-state index < -0.39 is 5.82 Å². The third-order valence-corrected chi connectivity index (χ3v) is 3.49. The fourth-order valence-corrected chi connectivity index (χ4v) is 2.55. The molecule has 0 saturated heterocycles. The van der Waals surface area contributed by atoms with Crippen LogP contribution in [0.25, 0.3) is 5.69 Å². The van der Waals surface area contributed by atoms with Crippen molar-refractivity contribution >= 4 is 43.5 Å². The largest absolute Gasteiger partial charge is 0.218 e. The number of benzene rings is 1. The first-order chi connectivity index (χ1) is 7.99. The van der Waals surface area contributed by atoms with Gasteiger partial charge in [-0.15, -0.1) is 5.10 Å². The van der Waals surface area contributed by atoms with Crippen LogP contribution in [0.2, 0.25) is 5.02 Å². The van der Waals surface area contributed by atoms with Crippen LogP contribution in [0.5, 0.6) is 0 Å². The first-order valence-corrected chi connectivity index (χ1v) is 6.79. The molecule has 1 aromatic heterocycles. The second kappa shape index (κ2) is 5.04. The summed E-state index contributed by atoms with van der Waals surface area (Å²) >= 11 is 12.6. The van der Waals surface area contributed by atoms with E-state index >= 15 is 0 Å². The molecule has 0 bridgehead atoms. The van der Waals surface area contributed by atoms with Crippen LogP contribution < -0.4 is 0 Å². The summed E-state index contributed by atoms with van der Waals surface area (Å²) in [6.07, 6.45) is 1.74. The lowest BCUT2D eigenvalue weighted by atomic mass is 10.3. The Morgan fingerprint density at radius 2 is 2.18 bits per heavy atom. The number of nitrogens with zero attached hydrogens (tertiary/aromatic N) is 3. The van der Waals surface area contributed by atoms with Crippen molar-refractivity contribution in [3.8, 4) is 5.69 Å². The summed E-state index contributed by atoms with van der Waals surface area (Å²) in [6, 6.07) is 2.57. The van der Waals surface area contributed by atoms with E-state index in [1.165, 1.54) is 16.8 Å². The molecular formula is C10H7Br2ClFN3. The maximum Gasteiger partial charge on any atom is 0.125 e. The first-order valence-electron chi connectivity index (χ1n) is 4.70. The predicted octanol–water partition coefficient (Wildman–Crippen LogP) is 4.28. The van der Waals surface area contributed by atoms with Crippen LogP contribution in [0.15, 0.2) is 22.8 Å². The molecule has 1 aromatic carbocycles. The maximum atomic E-state index is 13.1. The van der Waals surface area contributed by atoms with Crippen LogP contribution in [0.1, 0.15) is 17.4 Å². The second-order valence-corrected chi connectivity index (χ2v) is 6.06. The summed E-state index contributed by atoms with van der Waals surface area (Å²) in [5.74, 6) is -0.403. The Kier molecular flexibility index (Phi) is 3.85. The minimum Gasteiger partial charge on any atom is -0.218 e. The summed E-state index contributed by atoms with van der Waals surface area (Å²) in [5, 5.41) is 8.22. The van der Waals surface area contributed by atoms with Gasteiger partial charge in [0.05, 0.1) is 27.4 Å². The van der Waals surface area contributed by atoms with Crippen molar-refractivity contribution in [2.75, 3.05) is 0 Å². The molecule has 1 unspecified atom stereocenters. The molecule has 1 atom stereocenters. The molecule has 1 heterocycles. The molecule has 0 aliphatic rings. The van der Waals surface area contributed by atoms with Gasteiger partial charge in [-0.3, -0.25) is 0 Å². The molecule has 0 aliphatic heterocycles. The number of hydrogen-bond donors (Lipinski definition) is 0. The van der Waals surface area contributed by atoms with E-state index in [2.05, 4.69) is 42.2 Å². The van der Waals surface area contributed by atoms with Crippen molar-refractivity contribution in [2.24, 2.45) is 0 Å². The average Bonchev–Trinajstić information content (AvgIpc) is 2.65. The molecule has 0 radical (unpaired) electrons. The molecule has 0 spiro atoms. The van der Waals surface area contributed by atoms with Crippen molar-refractivity contribution in [2.45, 2.75) is 11.8 Å². The molecule has 3 nitrogen and oxygen atoms in total. The van der Waals surface area contributed by atoms with Crippen molar-refractivity contribution < 1.29 is 4.39 Å². The smallest absolute Gasteiger partial charge is 0.125 e. The SMILES string of the molecule is CC(Br)c1cn(-c2c(Cl)cc(F)cc2Br)nn1. The Hall–Kier alpha value is -0.460. The van der Waals surface area contributed by atoms with Crippen molar-refractivity contribution in [3.63, 3.8) is 0 Å². The number of aromatic nitrogens is 3. The van der Waals surface area contributed by atoms with Gasteiger partial charge in [-0.1, -0.05) is 32.7 Å². The zero-order valence-corrected chi connectivity index (χ0v) is 12.6. The zero-order chi connectivity index (χ0) is 12.6. The van der Waals surface area contributed by atoms with Crippen molar-refractivity contribution in [1.29, 1.82) is 0 Å². The molecule has 0 saturated carbocycles. The highest BCUT2D eigenvalue weighted by atomic mass is 79.9. The quantitative estimate of drug-likeness (QED) is 0.725. The minimum atomic E-state index is -0.403. The summed E-state index contributed by atoms with van der Waals surface area (Å²) in [7, 11) is 0. The van der Waals surface area contributed by atoms with E-state index in [-0.39, 0.29) is 9.85 Å². The van der Waals surface area contributed by atoms with E-state index in [1.54, 1.807) is 6.20 Å². The third-order valence-electron chi connectivity index (χ3n) is 2.13. The molecule has 17 heavy (non-hydrogen) atoms. The predicted molar refractivity (Wildman–Crippen MR) is 71.4 cm³/mol. The Balaban J connectivity index is 2.52. The lowest BCUT2D eigenvalue weighted by Crippen LogP contribution is -1.98. The van der Waals surface area contributed by atoms with E-state index in [9.17, 15) is 4.39 Å². The molecule has 0 amide bonds. The van der Waals surface area contributed by atoms with Crippen LogP contribution >= 0.6 is 43.5 Å². The molecule has 7 heteroatoms. The summed E-state index contributed by atoms with van der Waals surface area (Å²) in [6.45, 7) is 1.94. The van der Waals surface area contributed by atoms with Gasteiger partial charge in [0.15, 0.2) is 0 Å². The Morgan fingerprint density at radius 3 is 2.71 bits per heavy atom. The standard InChI is InChI=1S/C10H7Br2ClFN3/c1-5(11)9-4-17(16-15-9)10-7(12)2-6(14)3-8(10)13/h2-5H,1H3. The summed E-state index contributed by atoms with van der Waals surface area (Å²) < 4.78 is 15.1. The molecule has 2 aromatic rings. The Labute approximate surface area is 119 Å². The fourth-order valence-electron chi connectivity index (χ4n) is 1.32. The van der Waals surface area contributed by atoms with Crippen LogP contribution in [0, 0.1) is 5.82 Å². The van der Waals surface area contributed by atoms with E-state index in [0.29, 0.717) is 10.2 Å². The molecule has 0 fully saturated rings. The normalized spacial score (nSPS) is 12.8. The Bertz CT molecular complexity index is 533. The highest BCUT2D eigenvalue weighted by Crippen LogP contribution is 2.30.